The number of anilines is 1. The predicted molar refractivity (Wildman–Crippen MR) is 77.3 cm³/mol. The molecule has 3 fully saturated rings. The third kappa shape index (κ3) is 2.14. The molecule has 1 aromatic rings. The fraction of sp³-hybridized carbons (Fsp3) is 0.688. The van der Waals surface area contributed by atoms with Crippen molar-refractivity contribution in [1.29, 1.82) is 0 Å². The molecule has 0 N–H and O–H groups in total. The Bertz CT molecular complexity index is 425. The molecule has 3 heteroatoms. The maximum absolute atomic E-state index is 4.47. The van der Waals surface area contributed by atoms with Gasteiger partial charge in [0.05, 0.1) is 0 Å². The van der Waals surface area contributed by atoms with Crippen LogP contribution in [0.2, 0.25) is 0 Å². The van der Waals surface area contributed by atoms with E-state index < -0.39 is 0 Å². The average Bonchev–Trinajstić information content (AvgIpc) is 3.11. The highest BCUT2D eigenvalue weighted by Gasteiger charge is 2.42. The summed E-state index contributed by atoms with van der Waals surface area (Å²) in [5, 5.41) is 0. The van der Waals surface area contributed by atoms with Crippen molar-refractivity contribution in [2.24, 2.45) is 11.8 Å². The first-order chi connectivity index (χ1) is 9.40. The van der Waals surface area contributed by atoms with Crippen LogP contribution in [-0.2, 0) is 0 Å². The summed E-state index contributed by atoms with van der Waals surface area (Å²) in [5.74, 6) is 3.23. The molecule has 0 spiro atoms. The van der Waals surface area contributed by atoms with E-state index in [0.717, 1.165) is 36.8 Å². The van der Waals surface area contributed by atoms with E-state index in [1.807, 2.05) is 12.3 Å². The smallest absolute Gasteiger partial charge is 0.128 e. The van der Waals surface area contributed by atoms with Gasteiger partial charge >= 0.3 is 0 Å². The SMILES string of the molecule is c1ccc(N2CCN([C@H]3C[C@H]4CC[C@H]3C4)CC2)nc1. The minimum atomic E-state index is 0.907. The molecule has 2 aliphatic carbocycles. The second-order valence-corrected chi connectivity index (χ2v) is 6.45. The summed E-state index contributed by atoms with van der Waals surface area (Å²) < 4.78 is 0. The zero-order valence-electron chi connectivity index (χ0n) is 11.5. The summed E-state index contributed by atoms with van der Waals surface area (Å²) in [5.41, 5.74) is 0. The molecule has 0 radical (unpaired) electrons. The normalized spacial score (nSPS) is 34.9. The molecule has 2 bridgehead atoms. The minimum absolute atomic E-state index is 0.907. The van der Waals surface area contributed by atoms with Gasteiger partial charge in [0.25, 0.3) is 0 Å². The molecular formula is C16H23N3. The fourth-order valence-corrected chi connectivity index (χ4v) is 4.48. The molecule has 2 saturated carbocycles. The van der Waals surface area contributed by atoms with Crippen LogP contribution >= 0.6 is 0 Å². The molecule has 3 atom stereocenters. The van der Waals surface area contributed by atoms with Gasteiger partial charge in [-0.3, -0.25) is 4.90 Å². The van der Waals surface area contributed by atoms with Crippen LogP contribution in [0, 0.1) is 11.8 Å². The topological polar surface area (TPSA) is 19.4 Å². The molecule has 0 aromatic carbocycles. The number of rotatable bonds is 2. The standard InChI is InChI=1S/C16H23N3/c1-2-6-17-16(3-1)19-9-7-18(8-10-19)15-12-13-4-5-14(15)11-13/h1-3,6,13-15H,4-5,7-12H2/t13-,14-,15-/m0/s1. The van der Waals surface area contributed by atoms with Gasteiger partial charge in [0, 0.05) is 38.4 Å². The van der Waals surface area contributed by atoms with E-state index in [9.17, 15) is 0 Å². The molecule has 4 rings (SSSR count). The van der Waals surface area contributed by atoms with Crippen LogP contribution in [0.5, 0.6) is 0 Å². The van der Waals surface area contributed by atoms with Crippen LogP contribution in [-0.4, -0.2) is 42.1 Å². The van der Waals surface area contributed by atoms with Crippen molar-refractivity contribution in [2.75, 3.05) is 31.1 Å². The lowest BCUT2D eigenvalue weighted by atomic mass is 9.93. The highest BCUT2D eigenvalue weighted by molar-refractivity contribution is 5.38. The van der Waals surface area contributed by atoms with Crippen molar-refractivity contribution in [3.63, 3.8) is 0 Å². The average molecular weight is 257 g/mol. The van der Waals surface area contributed by atoms with E-state index in [-0.39, 0.29) is 0 Å². The first kappa shape index (κ1) is 11.7. The molecule has 3 nitrogen and oxygen atoms in total. The van der Waals surface area contributed by atoms with Gasteiger partial charge in [0.2, 0.25) is 0 Å². The molecule has 0 amide bonds. The molecular weight excluding hydrogens is 234 g/mol. The van der Waals surface area contributed by atoms with Crippen LogP contribution in [0.4, 0.5) is 5.82 Å². The van der Waals surface area contributed by atoms with Gasteiger partial charge in [-0.25, -0.2) is 4.98 Å². The maximum atomic E-state index is 4.47. The number of hydrogen-bond acceptors (Lipinski definition) is 3. The van der Waals surface area contributed by atoms with Crippen LogP contribution in [0.1, 0.15) is 25.7 Å². The summed E-state index contributed by atoms with van der Waals surface area (Å²) in [6.45, 7) is 4.74. The van der Waals surface area contributed by atoms with E-state index >= 15 is 0 Å². The third-order valence-electron chi connectivity index (χ3n) is 5.46. The van der Waals surface area contributed by atoms with Crippen molar-refractivity contribution in [1.82, 2.24) is 9.88 Å². The van der Waals surface area contributed by atoms with Crippen LogP contribution in [0.15, 0.2) is 24.4 Å². The van der Waals surface area contributed by atoms with Crippen molar-refractivity contribution in [2.45, 2.75) is 31.7 Å². The number of aromatic nitrogens is 1. The van der Waals surface area contributed by atoms with Crippen LogP contribution in [0.25, 0.3) is 0 Å². The first-order valence-corrected chi connectivity index (χ1v) is 7.80. The Kier molecular flexibility index (Phi) is 2.95. The van der Waals surface area contributed by atoms with Gasteiger partial charge < -0.3 is 4.90 Å². The van der Waals surface area contributed by atoms with Gasteiger partial charge in [-0.15, -0.1) is 0 Å². The van der Waals surface area contributed by atoms with E-state index in [4.69, 9.17) is 0 Å². The van der Waals surface area contributed by atoms with E-state index in [2.05, 4.69) is 26.9 Å². The van der Waals surface area contributed by atoms with Crippen molar-refractivity contribution in [3.8, 4) is 0 Å². The molecule has 1 saturated heterocycles. The molecule has 0 unspecified atom stereocenters. The summed E-state index contributed by atoms with van der Waals surface area (Å²) in [4.78, 5) is 9.67. The molecule has 3 aliphatic rings. The lowest BCUT2D eigenvalue weighted by Gasteiger charge is -2.41. The second-order valence-electron chi connectivity index (χ2n) is 6.45. The van der Waals surface area contributed by atoms with E-state index in [0.29, 0.717) is 0 Å². The van der Waals surface area contributed by atoms with E-state index in [1.165, 1.54) is 38.8 Å². The van der Waals surface area contributed by atoms with Crippen molar-refractivity contribution in [3.05, 3.63) is 24.4 Å². The molecule has 19 heavy (non-hydrogen) atoms. The number of fused-ring (bicyclic) bond motifs is 2. The number of piperazine rings is 1. The lowest BCUT2D eigenvalue weighted by Crippen LogP contribution is -2.52. The summed E-state index contributed by atoms with van der Waals surface area (Å²) in [6, 6.07) is 7.12. The summed E-state index contributed by atoms with van der Waals surface area (Å²) in [7, 11) is 0. The Balaban J connectivity index is 1.38. The van der Waals surface area contributed by atoms with Crippen molar-refractivity contribution < 1.29 is 0 Å². The van der Waals surface area contributed by atoms with Gasteiger partial charge in [0.15, 0.2) is 0 Å². The highest BCUT2D eigenvalue weighted by Crippen LogP contribution is 2.46. The molecule has 2 heterocycles. The second kappa shape index (κ2) is 4.78. The Morgan fingerprint density at radius 2 is 1.89 bits per heavy atom. The summed E-state index contributed by atoms with van der Waals surface area (Å²) in [6.07, 6.45) is 7.90. The largest absolute Gasteiger partial charge is 0.354 e. The number of nitrogens with zero attached hydrogens (tertiary/aromatic N) is 3. The Hall–Kier alpha value is -1.09. The predicted octanol–water partition coefficient (Wildman–Crippen LogP) is 2.39. The van der Waals surface area contributed by atoms with Gasteiger partial charge in [-0.1, -0.05) is 12.5 Å². The third-order valence-corrected chi connectivity index (χ3v) is 5.46. The monoisotopic (exact) mass is 257 g/mol. The number of hydrogen-bond donors (Lipinski definition) is 0. The van der Waals surface area contributed by atoms with Gasteiger partial charge in [0.1, 0.15) is 5.82 Å². The van der Waals surface area contributed by atoms with Gasteiger partial charge in [-0.2, -0.15) is 0 Å². The van der Waals surface area contributed by atoms with E-state index in [1.54, 1.807) is 0 Å². The first-order valence-electron chi connectivity index (χ1n) is 7.80. The Morgan fingerprint density at radius 3 is 2.53 bits per heavy atom. The highest BCUT2D eigenvalue weighted by atomic mass is 15.3. The van der Waals surface area contributed by atoms with Gasteiger partial charge in [-0.05, 0) is 43.2 Å². The maximum Gasteiger partial charge on any atom is 0.128 e. The Morgan fingerprint density at radius 1 is 1.00 bits per heavy atom. The fourth-order valence-electron chi connectivity index (χ4n) is 4.48. The summed E-state index contributed by atoms with van der Waals surface area (Å²) >= 11 is 0. The van der Waals surface area contributed by atoms with Crippen LogP contribution < -0.4 is 4.90 Å². The zero-order chi connectivity index (χ0) is 12.7. The Labute approximate surface area is 115 Å². The molecule has 1 aromatic heterocycles. The lowest BCUT2D eigenvalue weighted by molar-refractivity contribution is 0.134. The molecule has 1 aliphatic heterocycles. The zero-order valence-corrected chi connectivity index (χ0v) is 11.5. The quantitative estimate of drug-likeness (QED) is 0.811. The van der Waals surface area contributed by atoms with Crippen molar-refractivity contribution >= 4 is 5.82 Å². The van der Waals surface area contributed by atoms with Crippen LogP contribution in [0.3, 0.4) is 0 Å². The number of pyridine rings is 1. The minimum Gasteiger partial charge on any atom is -0.354 e. The molecule has 102 valence electrons.